The van der Waals surface area contributed by atoms with E-state index in [4.69, 9.17) is 11.6 Å². The molecule has 1 aromatic carbocycles. The van der Waals surface area contributed by atoms with Crippen molar-refractivity contribution in [3.63, 3.8) is 0 Å². The molecule has 0 spiro atoms. The molecule has 1 fully saturated rings. The van der Waals surface area contributed by atoms with Crippen LogP contribution in [0.25, 0.3) is 0 Å². The third-order valence-electron chi connectivity index (χ3n) is 3.87. The highest BCUT2D eigenvalue weighted by atomic mass is 35.5. The molecular weight excluding hydrogens is 239 g/mol. The van der Waals surface area contributed by atoms with Crippen LogP contribution in [0.15, 0.2) is 18.2 Å². The maximum Gasteiger partial charge on any atom is 0.127 e. The first-order valence-corrected chi connectivity index (χ1v) is 6.57. The fourth-order valence-corrected chi connectivity index (χ4v) is 2.97. The minimum Gasteiger partial charge on any atom is -0.392 e. The molecule has 0 heterocycles. The van der Waals surface area contributed by atoms with Crippen LogP contribution in [0.5, 0.6) is 0 Å². The van der Waals surface area contributed by atoms with E-state index in [0.29, 0.717) is 28.8 Å². The lowest BCUT2D eigenvalue weighted by molar-refractivity contribution is 0.0893. The molecule has 17 heavy (non-hydrogen) atoms. The Morgan fingerprint density at radius 2 is 2.24 bits per heavy atom. The first-order valence-electron chi connectivity index (χ1n) is 6.20. The van der Waals surface area contributed by atoms with E-state index in [9.17, 15) is 9.50 Å². The fourth-order valence-electron chi connectivity index (χ4n) is 2.81. The van der Waals surface area contributed by atoms with Gasteiger partial charge in [0.05, 0.1) is 6.10 Å². The Balaban J connectivity index is 2.04. The number of hydrogen-bond donors (Lipinski definition) is 1. The summed E-state index contributed by atoms with van der Waals surface area (Å²) in [5.74, 6) is 0.535. The molecule has 1 aliphatic rings. The summed E-state index contributed by atoms with van der Waals surface area (Å²) in [4.78, 5) is 0. The standard InChI is InChI=1S/C14H18ClFO/c1-9-3-2-4-12(9)14(17)7-10-5-6-11(15)8-13(10)16/h5-6,8-9,12,14,17H,2-4,7H2,1H3. The first-order chi connectivity index (χ1) is 8.08. The number of halogens is 2. The number of benzene rings is 1. The van der Waals surface area contributed by atoms with Gasteiger partial charge in [-0.15, -0.1) is 0 Å². The summed E-state index contributed by atoms with van der Waals surface area (Å²) in [6, 6.07) is 4.65. The van der Waals surface area contributed by atoms with Crippen LogP contribution < -0.4 is 0 Å². The molecule has 0 aromatic heterocycles. The molecule has 2 rings (SSSR count). The lowest BCUT2D eigenvalue weighted by atomic mass is 9.88. The van der Waals surface area contributed by atoms with Gasteiger partial charge in [-0.2, -0.15) is 0 Å². The van der Waals surface area contributed by atoms with E-state index < -0.39 is 6.10 Å². The smallest absolute Gasteiger partial charge is 0.127 e. The van der Waals surface area contributed by atoms with E-state index in [1.807, 2.05) is 0 Å². The average molecular weight is 257 g/mol. The molecule has 3 atom stereocenters. The summed E-state index contributed by atoms with van der Waals surface area (Å²) in [6.07, 6.45) is 3.34. The van der Waals surface area contributed by atoms with Crippen molar-refractivity contribution in [1.82, 2.24) is 0 Å². The highest BCUT2D eigenvalue weighted by Gasteiger charge is 2.30. The zero-order valence-electron chi connectivity index (χ0n) is 10.00. The second-order valence-corrected chi connectivity index (χ2v) is 5.52. The molecule has 94 valence electrons. The van der Waals surface area contributed by atoms with Gasteiger partial charge in [-0.3, -0.25) is 0 Å². The largest absolute Gasteiger partial charge is 0.392 e. The Morgan fingerprint density at radius 3 is 2.82 bits per heavy atom. The predicted molar refractivity (Wildman–Crippen MR) is 67.6 cm³/mol. The van der Waals surface area contributed by atoms with Gasteiger partial charge < -0.3 is 5.11 Å². The molecular formula is C14H18ClFO. The van der Waals surface area contributed by atoms with Gasteiger partial charge in [0, 0.05) is 11.4 Å². The van der Waals surface area contributed by atoms with Crippen molar-refractivity contribution in [3.05, 3.63) is 34.6 Å². The van der Waals surface area contributed by atoms with Gasteiger partial charge in [-0.25, -0.2) is 4.39 Å². The zero-order chi connectivity index (χ0) is 12.4. The fraction of sp³-hybridized carbons (Fsp3) is 0.571. The van der Waals surface area contributed by atoms with Crippen molar-refractivity contribution in [2.24, 2.45) is 11.8 Å². The van der Waals surface area contributed by atoms with E-state index in [1.54, 1.807) is 12.1 Å². The molecule has 0 bridgehead atoms. The highest BCUT2D eigenvalue weighted by molar-refractivity contribution is 6.30. The molecule has 0 radical (unpaired) electrons. The topological polar surface area (TPSA) is 20.2 Å². The Kier molecular flexibility index (Phi) is 4.05. The van der Waals surface area contributed by atoms with Crippen molar-refractivity contribution < 1.29 is 9.50 Å². The van der Waals surface area contributed by atoms with Gasteiger partial charge in [0.15, 0.2) is 0 Å². The van der Waals surface area contributed by atoms with Crippen LogP contribution in [-0.4, -0.2) is 11.2 Å². The minimum absolute atomic E-state index is 0.310. The molecule has 1 N–H and O–H groups in total. The summed E-state index contributed by atoms with van der Waals surface area (Å²) in [6.45, 7) is 2.17. The second kappa shape index (κ2) is 5.36. The summed E-state index contributed by atoms with van der Waals surface area (Å²) in [5, 5.41) is 10.6. The molecule has 1 nitrogen and oxygen atoms in total. The normalized spacial score (nSPS) is 26.1. The zero-order valence-corrected chi connectivity index (χ0v) is 10.8. The second-order valence-electron chi connectivity index (χ2n) is 5.08. The van der Waals surface area contributed by atoms with Crippen molar-refractivity contribution >= 4 is 11.6 Å². The molecule has 1 aliphatic carbocycles. The van der Waals surface area contributed by atoms with Crippen molar-refractivity contribution in [1.29, 1.82) is 0 Å². The van der Waals surface area contributed by atoms with Crippen LogP contribution in [0, 0.1) is 17.7 Å². The summed E-state index contributed by atoms with van der Waals surface area (Å²) in [7, 11) is 0. The first kappa shape index (κ1) is 12.8. The van der Waals surface area contributed by atoms with Gasteiger partial charge >= 0.3 is 0 Å². The third kappa shape index (κ3) is 2.99. The third-order valence-corrected chi connectivity index (χ3v) is 4.10. The van der Waals surface area contributed by atoms with E-state index >= 15 is 0 Å². The molecule has 0 aliphatic heterocycles. The van der Waals surface area contributed by atoms with Crippen LogP contribution in [0.3, 0.4) is 0 Å². The Hall–Kier alpha value is -0.600. The molecule has 0 saturated heterocycles. The molecule has 3 heteroatoms. The monoisotopic (exact) mass is 256 g/mol. The lowest BCUT2D eigenvalue weighted by Crippen LogP contribution is -2.25. The number of aliphatic hydroxyl groups excluding tert-OH is 1. The minimum atomic E-state index is -0.442. The Bertz CT molecular complexity index is 394. The SMILES string of the molecule is CC1CCCC1C(O)Cc1ccc(Cl)cc1F. The van der Waals surface area contributed by atoms with Crippen LogP contribution in [0.1, 0.15) is 31.7 Å². The van der Waals surface area contributed by atoms with E-state index in [-0.39, 0.29) is 5.82 Å². The Morgan fingerprint density at radius 1 is 1.47 bits per heavy atom. The molecule has 3 unspecified atom stereocenters. The lowest BCUT2D eigenvalue weighted by Gasteiger charge is -2.22. The summed E-state index contributed by atoms with van der Waals surface area (Å²) < 4.78 is 13.6. The van der Waals surface area contributed by atoms with Crippen LogP contribution in [0.4, 0.5) is 4.39 Å². The Labute approximate surface area is 107 Å². The molecule has 1 saturated carbocycles. The van der Waals surface area contributed by atoms with Gasteiger partial charge in [0.2, 0.25) is 0 Å². The van der Waals surface area contributed by atoms with E-state index in [2.05, 4.69) is 6.92 Å². The van der Waals surface area contributed by atoms with Crippen molar-refractivity contribution in [3.8, 4) is 0 Å². The van der Waals surface area contributed by atoms with Crippen LogP contribution >= 0.6 is 11.6 Å². The number of hydrogen-bond acceptors (Lipinski definition) is 1. The van der Waals surface area contributed by atoms with Crippen LogP contribution in [-0.2, 0) is 6.42 Å². The number of aliphatic hydroxyl groups is 1. The van der Waals surface area contributed by atoms with Crippen molar-refractivity contribution in [2.45, 2.75) is 38.7 Å². The maximum atomic E-state index is 13.6. The molecule has 0 amide bonds. The highest BCUT2D eigenvalue weighted by Crippen LogP contribution is 2.35. The summed E-state index contributed by atoms with van der Waals surface area (Å²) in [5.41, 5.74) is 0.556. The average Bonchev–Trinajstić information content (AvgIpc) is 2.68. The van der Waals surface area contributed by atoms with E-state index in [0.717, 1.165) is 6.42 Å². The predicted octanol–water partition coefficient (Wildman–Crippen LogP) is 3.82. The quantitative estimate of drug-likeness (QED) is 0.872. The maximum absolute atomic E-state index is 13.6. The van der Waals surface area contributed by atoms with Crippen molar-refractivity contribution in [2.75, 3.05) is 0 Å². The molecule has 1 aromatic rings. The van der Waals surface area contributed by atoms with Gasteiger partial charge in [0.25, 0.3) is 0 Å². The van der Waals surface area contributed by atoms with Gasteiger partial charge in [0.1, 0.15) is 5.82 Å². The van der Waals surface area contributed by atoms with Gasteiger partial charge in [-0.1, -0.05) is 37.4 Å². The van der Waals surface area contributed by atoms with Gasteiger partial charge in [-0.05, 0) is 36.0 Å². The van der Waals surface area contributed by atoms with Crippen LogP contribution in [0.2, 0.25) is 5.02 Å². The number of rotatable bonds is 3. The summed E-state index contributed by atoms with van der Waals surface area (Å²) >= 11 is 5.70. The van der Waals surface area contributed by atoms with E-state index in [1.165, 1.54) is 18.9 Å².